The Morgan fingerprint density at radius 3 is 2.61 bits per heavy atom. The van der Waals surface area contributed by atoms with Crippen molar-refractivity contribution in [1.29, 1.82) is 0 Å². The molecule has 2 amide bonds. The maximum absolute atomic E-state index is 13.0. The van der Waals surface area contributed by atoms with Crippen LogP contribution >= 0.6 is 46.5 Å². The first kappa shape index (κ1) is 26.8. The topological polar surface area (TPSA) is 133 Å². The summed E-state index contributed by atoms with van der Waals surface area (Å²) in [5.41, 5.74) is -0.895. The summed E-state index contributed by atoms with van der Waals surface area (Å²) in [6, 6.07) is -0.968. The molecule has 194 valence electrons. The molecule has 2 aliphatic heterocycles. The normalized spacial score (nSPS) is 19.8. The van der Waals surface area contributed by atoms with Crippen LogP contribution < -0.4 is 10.4 Å². The molecule has 2 aliphatic rings. The van der Waals surface area contributed by atoms with E-state index in [9.17, 15) is 32.7 Å². The van der Waals surface area contributed by atoms with Crippen LogP contribution in [-0.2, 0) is 27.1 Å². The number of aryl methyl sites for hydroxylation is 2. The van der Waals surface area contributed by atoms with E-state index in [-0.39, 0.29) is 30.1 Å². The van der Waals surface area contributed by atoms with Crippen LogP contribution in [0.2, 0.25) is 5.02 Å². The number of thioether (sulfide) groups is 2. The van der Waals surface area contributed by atoms with E-state index in [0.29, 0.717) is 15.7 Å². The van der Waals surface area contributed by atoms with Gasteiger partial charge in [-0.25, -0.2) is 0 Å². The van der Waals surface area contributed by atoms with E-state index in [0.717, 1.165) is 14.6 Å². The van der Waals surface area contributed by atoms with Gasteiger partial charge in [0.2, 0.25) is 5.91 Å². The van der Waals surface area contributed by atoms with Crippen LogP contribution in [0.5, 0.6) is 0 Å². The van der Waals surface area contributed by atoms with E-state index < -0.39 is 46.1 Å². The van der Waals surface area contributed by atoms with Crippen molar-refractivity contribution >= 4 is 64.2 Å². The van der Waals surface area contributed by atoms with Crippen molar-refractivity contribution in [2.45, 2.75) is 48.7 Å². The Kier molecular flexibility index (Phi) is 7.60. The molecule has 0 radical (unpaired) electrons. The second kappa shape index (κ2) is 10.2. The van der Waals surface area contributed by atoms with Gasteiger partial charge in [0, 0.05) is 17.9 Å². The Morgan fingerprint density at radius 1 is 1.31 bits per heavy atom. The molecule has 1 N–H and O–H groups in total. The highest BCUT2D eigenvalue weighted by molar-refractivity contribution is 8.01. The number of alkyl halides is 3. The fourth-order valence-corrected chi connectivity index (χ4v) is 7.19. The van der Waals surface area contributed by atoms with Crippen LogP contribution in [0.3, 0.4) is 0 Å². The minimum Gasteiger partial charge on any atom is -0.543 e. The highest BCUT2D eigenvalue weighted by Gasteiger charge is 2.52. The van der Waals surface area contributed by atoms with E-state index in [1.54, 1.807) is 6.92 Å². The molecule has 1 fully saturated rings. The Hall–Kier alpha value is -2.30. The minimum atomic E-state index is -4.73. The lowest BCUT2D eigenvalue weighted by Crippen LogP contribution is -2.71. The van der Waals surface area contributed by atoms with Crippen LogP contribution in [0.25, 0.3) is 0 Å². The molecule has 2 aromatic rings. The number of rotatable bonds is 8. The highest BCUT2D eigenvalue weighted by atomic mass is 35.5. The third-order valence-electron chi connectivity index (χ3n) is 5.39. The molecule has 1 saturated heterocycles. The zero-order valence-electron chi connectivity index (χ0n) is 18.6. The van der Waals surface area contributed by atoms with Crippen molar-refractivity contribution in [3.8, 4) is 0 Å². The number of nitrogens with zero attached hydrogens (tertiary/aromatic N) is 5. The van der Waals surface area contributed by atoms with Crippen molar-refractivity contribution in [1.82, 2.24) is 30.2 Å². The average Bonchev–Trinajstić information content (AvgIpc) is 3.36. The fourth-order valence-electron chi connectivity index (χ4n) is 3.64. The summed E-state index contributed by atoms with van der Waals surface area (Å²) < 4.78 is 40.6. The monoisotopic (exact) mass is 581 g/mol. The number of carbonyl (C=O) groups excluding carboxylic acids is 3. The molecule has 17 heteroatoms. The standard InChI is InChI=1S/C19H18ClF3N6O4S3/c1-7-11(20)14(19(21,22)23)27-28(7)4-3-10(30)24-12-15(31)29-13(17(32)33)9(5-34-16(12)29)6-35-18-26-25-8(2)36-18/h12,16H,3-6H2,1-2H3,(H,24,30)(H,32,33)/p-1. The zero-order chi connectivity index (χ0) is 26.4. The number of β-lactam (4-membered cyclic amide) rings is 1. The van der Waals surface area contributed by atoms with Crippen molar-refractivity contribution in [2.75, 3.05) is 11.5 Å². The van der Waals surface area contributed by atoms with Crippen LogP contribution in [0.1, 0.15) is 22.8 Å². The van der Waals surface area contributed by atoms with Gasteiger partial charge in [0.1, 0.15) is 16.4 Å². The van der Waals surface area contributed by atoms with Gasteiger partial charge in [0.25, 0.3) is 5.91 Å². The summed E-state index contributed by atoms with van der Waals surface area (Å²) in [7, 11) is 0. The van der Waals surface area contributed by atoms with Crippen LogP contribution in [0.4, 0.5) is 13.2 Å². The molecular formula is C19H17ClF3N6O4S3-. The van der Waals surface area contributed by atoms with E-state index >= 15 is 0 Å². The summed E-state index contributed by atoms with van der Waals surface area (Å²) >= 11 is 9.68. The number of amides is 2. The van der Waals surface area contributed by atoms with Crippen LogP contribution in [0.15, 0.2) is 15.6 Å². The molecule has 0 saturated carbocycles. The van der Waals surface area contributed by atoms with E-state index in [2.05, 4.69) is 20.6 Å². The van der Waals surface area contributed by atoms with Gasteiger partial charge in [-0.05, 0) is 19.4 Å². The fraction of sp³-hybridized carbons (Fsp3) is 0.474. The number of carbonyl (C=O) groups is 3. The van der Waals surface area contributed by atoms with Gasteiger partial charge in [-0.15, -0.1) is 22.0 Å². The number of aromatic nitrogens is 4. The number of aliphatic carboxylic acids is 1. The first-order valence-corrected chi connectivity index (χ1v) is 13.5. The van der Waals surface area contributed by atoms with Gasteiger partial charge in [0.15, 0.2) is 10.0 Å². The van der Waals surface area contributed by atoms with Crippen molar-refractivity contribution in [2.24, 2.45) is 0 Å². The van der Waals surface area contributed by atoms with E-state index in [1.807, 2.05) is 0 Å². The molecule has 0 aliphatic carbocycles. The lowest BCUT2D eigenvalue weighted by molar-refractivity contribution is -0.301. The number of carboxylic acid groups (broad SMARTS) is 1. The largest absolute Gasteiger partial charge is 0.543 e. The molecule has 10 nitrogen and oxygen atoms in total. The quantitative estimate of drug-likeness (QED) is 0.364. The first-order valence-electron chi connectivity index (χ1n) is 10.3. The third-order valence-corrected chi connectivity index (χ3v) is 9.24. The Morgan fingerprint density at radius 2 is 2.03 bits per heavy atom. The van der Waals surface area contributed by atoms with Crippen molar-refractivity contribution in [3.63, 3.8) is 0 Å². The maximum Gasteiger partial charge on any atom is 0.436 e. The first-order chi connectivity index (χ1) is 16.9. The van der Waals surface area contributed by atoms with Gasteiger partial charge < -0.3 is 15.2 Å². The molecule has 2 aromatic heterocycles. The third kappa shape index (κ3) is 5.21. The smallest absolute Gasteiger partial charge is 0.436 e. The Balaban J connectivity index is 1.38. The molecule has 0 bridgehead atoms. The van der Waals surface area contributed by atoms with Gasteiger partial charge in [-0.2, -0.15) is 18.3 Å². The van der Waals surface area contributed by atoms with Crippen LogP contribution in [0, 0.1) is 13.8 Å². The molecule has 0 spiro atoms. The Bertz CT molecular complexity index is 1260. The molecule has 36 heavy (non-hydrogen) atoms. The van der Waals surface area contributed by atoms with Crippen molar-refractivity contribution in [3.05, 3.63) is 32.7 Å². The van der Waals surface area contributed by atoms with Crippen LogP contribution in [-0.4, -0.2) is 65.6 Å². The van der Waals surface area contributed by atoms with Gasteiger partial charge in [0.05, 0.1) is 28.9 Å². The summed E-state index contributed by atoms with van der Waals surface area (Å²) in [6.07, 6.45) is -4.99. The Labute approximate surface area is 219 Å². The number of halogens is 4. The SMILES string of the molecule is Cc1nnc(SCC2=C(C(=O)[O-])N3C(=O)C(NC(=O)CCn4nc(C(F)(F)F)c(Cl)c4C)C3SC2)s1. The number of hydrogen-bond acceptors (Lipinski definition) is 10. The molecule has 2 atom stereocenters. The van der Waals surface area contributed by atoms with Gasteiger partial charge in [-0.1, -0.05) is 34.7 Å². The number of nitrogens with one attached hydrogen (secondary N) is 1. The second-order valence-corrected chi connectivity index (χ2v) is 11.7. The molecule has 4 heterocycles. The lowest BCUT2D eigenvalue weighted by atomic mass is 10.0. The molecule has 2 unspecified atom stereocenters. The molecule has 0 aromatic carbocycles. The summed E-state index contributed by atoms with van der Waals surface area (Å²) in [6.45, 7) is 2.96. The maximum atomic E-state index is 13.0. The number of carboxylic acids is 1. The summed E-state index contributed by atoms with van der Waals surface area (Å²) in [4.78, 5) is 38.1. The predicted octanol–water partition coefficient (Wildman–Crippen LogP) is 1.61. The van der Waals surface area contributed by atoms with Gasteiger partial charge in [-0.3, -0.25) is 19.2 Å². The highest BCUT2D eigenvalue weighted by Crippen LogP contribution is 2.41. The minimum absolute atomic E-state index is 0.0587. The lowest BCUT2D eigenvalue weighted by Gasteiger charge is -2.50. The van der Waals surface area contributed by atoms with Gasteiger partial charge >= 0.3 is 6.18 Å². The summed E-state index contributed by atoms with van der Waals surface area (Å²) in [5.74, 6) is -2.11. The average molecular weight is 582 g/mol. The number of hydrogen-bond donors (Lipinski definition) is 1. The molecule has 4 rings (SSSR count). The van der Waals surface area contributed by atoms with Crippen molar-refractivity contribution < 1.29 is 32.7 Å². The zero-order valence-corrected chi connectivity index (χ0v) is 21.8. The van der Waals surface area contributed by atoms with E-state index in [4.69, 9.17) is 11.6 Å². The second-order valence-electron chi connectivity index (χ2n) is 7.79. The predicted molar refractivity (Wildman–Crippen MR) is 124 cm³/mol. The van der Waals surface area contributed by atoms with E-state index in [1.165, 1.54) is 41.8 Å². The molecular weight excluding hydrogens is 565 g/mol. The number of fused-ring (bicyclic) bond motifs is 1. The summed E-state index contributed by atoms with van der Waals surface area (Å²) in [5, 5.41) is 25.3.